The highest BCUT2D eigenvalue weighted by molar-refractivity contribution is 5.47. The molecular formula is C14H19NO. The Hall–Kier alpha value is -1.44. The molecule has 1 aliphatic rings. The molecule has 0 unspecified atom stereocenters. The van der Waals surface area contributed by atoms with Gasteiger partial charge in [-0.05, 0) is 49.9 Å². The monoisotopic (exact) mass is 217 g/mol. The Morgan fingerprint density at radius 1 is 1.19 bits per heavy atom. The van der Waals surface area contributed by atoms with Gasteiger partial charge in [-0.1, -0.05) is 11.6 Å². The molecule has 0 radical (unpaired) electrons. The normalized spacial score (nSPS) is 15.4. The number of hydrogen-bond acceptors (Lipinski definition) is 2. The number of nitrogens with one attached hydrogen (secondary N) is 1. The van der Waals surface area contributed by atoms with Crippen LogP contribution in [0.15, 0.2) is 35.9 Å². The first-order valence-corrected chi connectivity index (χ1v) is 5.94. The molecule has 0 aromatic heterocycles. The van der Waals surface area contributed by atoms with Gasteiger partial charge in [0.25, 0.3) is 0 Å². The minimum Gasteiger partial charge on any atom is -0.497 e. The van der Waals surface area contributed by atoms with E-state index in [1.54, 1.807) is 12.7 Å². The number of rotatable bonds is 4. The van der Waals surface area contributed by atoms with E-state index in [1.807, 2.05) is 12.1 Å². The van der Waals surface area contributed by atoms with Gasteiger partial charge in [0.15, 0.2) is 0 Å². The van der Waals surface area contributed by atoms with E-state index in [1.165, 1.54) is 25.7 Å². The molecule has 86 valence electrons. The summed E-state index contributed by atoms with van der Waals surface area (Å²) >= 11 is 0. The Kier molecular flexibility index (Phi) is 3.86. The Labute approximate surface area is 97.3 Å². The van der Waals surface area contributed by atoms with Gasteiger partial charge in [-0.2, -0.15) is 0 Å². The Bertz CT molecular complexity index is 354. The third-order valence-electron chi connectivity index (χ3n) is 2.99. The second-order valence-corrected chi connectivity index (χ2v) is 4.19. The fraction of sp³-hybridized carbons (Fsp3) is 0.429. The first kappa shape index (κ1) is 11.1. The highest BCUT2D eigenvalue weighted by Gasteiger charge is 2.03. The van der Waals surface area contributed by atoms with Crippen molar-refractivity contribution >= 4 is 5.69 Å². The van der Waals surface area contributed by atoms with Crippen molar-refractivity contribution in [2.24, 2.45) is 0 Å². The maximum atomic E-state index is 5.12. The summed E-state index contributed by atoms with van der Waals surface area (Å²) < 4.78 is 5.12. The van der Waals surface area contributed by atoms with Crippen LogP contribution in [0.1, 0.15) is 25.7 Å². The fourth-order valence-electron chi connectivity index (χ4n) is 1.99. The molecule has 0 saturated carbocycles. The molecule has 0 heterocycles. The van der Waals surface area contributed by atoms with Crippen LogP contribution in [0.25, 0.3) is 0 Å². The SMILES string of the molecule is COc1ccc(NCC2=CCCCC2)cc1. The lowest BCUT2D eigenvalue weighted by Gasteiger charge is -2.14. The number of methoxy groups -OCH3 is 1. The minimum absolute atomic E-state index is 0.905. The largest absolute Gasteiger partial charge is 0.497 e. The standard InChI is InChI=1S/C14H19NO/c1-16-14-9-7-13(8-10-14)15-11-12-5-3-2-4-6-12/h5,7-10,15H,2-4,6,11H2,1H3. The summed E-state index contributed by atoms with van der Waals surface area (Å²) in [6.45, 7) is 0.979. The molecule has 0 fully saturated rings. The number of anilines is 1. The molecule has 2 heteroatoms. The van der Waals surface area contributed by atoms with Gasteiger partial charge < -0.3 is 10.1 Å². The zero-order valence-electron chi connectivity index (χ0n) is 9.83. The van der Waals surface area contributed by atoms with Crippen molar-refractivity contribution in [3.63, 3.8) is 0 Å². The van der Waals surface area contributed by atoms with Crippen molar-refractivity contribution in [1.82, 2.24) is 0 Å². The van der Waals surface area contributed by atoms with Crippen LogP contribution >= 0.6 is 0 Å². The molecule has 0 amide bonds. The van der Waals surface area contributed by atoms with Crippen LogP contribution in [0, 0.1) is 0 Å². The number of benzene rings is 1. The first-order chi connectivity index (χ1) is 7.88. The lowest BCUT2D eigenvalue weighted by atomic mass is 10.00. The van der Waals surface area contributed by atoms with Crippen molar-refractivity contribution in [2.45, 2.75) is 25.7 Å². The maximum absolute atomic E-state index is 5.12. The van der Waals surface area contributed by atoms with E-state index in [9.17, 15) is 0 Å². The van der Waals surface area contributed by atoms with E-state index < -0.39 is 0 Å². The fourth-order valence-corrected chi connectivity index (χ4v) is 1.99. The molecule has 2 rings (SSSR count). The van der Waals surface area contributed by atoms with Crippen molar-refractivity contribution in [1.29, 1.82) is 0 Å². The van der Waals surface area contributed by atoms with E-state index in [0.29, 0.717) is 0 Å². The third kappa shape index (κ3) is 3.02. The Morgan fingerprint density at radius 3 is 2.62 bits per heavy atom. The van der Waals surface area contributed by atoms with Crippen LogP contribution in [-0.2, 0) is 0 Å². The maximum Gasteiger partial charge on any atom is 0.119 e. The predicted octanol–water partition coefficient (Wildman–Crippen LogP) is 3.61. The molecule has 0 spiro atoms. The average Bonchev–Trinajstić information content (AvgIpc) is 2.38. The van der Waals surface area contributed by atoms with Crippen molar-refractivity contribution in [2.75, 3.05) is 19.0 Å². The Balaban J connectivity index is 1.86. The van der Waals surface area contributed by atoms with Gasteiger partial charge in [0.05, 0.1) is 7.11 Å². The summed E-state index contributed by atoms with van der Waals surface area (Å²) in [7, 11) is 1.69. The van der Waals surface area contributed by atoms with Crippen LogP contribution in [0.2, 0.25) is 0 Å². The van der Waals surface area contributed by atoms with E-state index in [-0.39, 0.29) is 0 Å². The molecule has 0 atom stereocenters. The van der Waals surface area contributed by atoms with Gasteiger partial charge in [0.1, 0.15) is 5.75 Å². The topological polar surface area (TPSA) is 21.3 Å². The summed E-state index contributed by atoms with van der Waals surface area (Å²) in [5, 5.41) is 3.44. The van der Waals surface area contributed by atoms with Gasteiger partial charge in [0, 0.05) is 12.2 Å². The van der Waals surface area contributed by atoms with Crippen LogP contribution in [0.4, 0.5) is 5.69 Å². The lowest BCUT2D eigenvalue weighted by molar-refractivity contribution is 0.415. The third-order valence-corrected chi connectivity index (χ3v) is 2.99. The molecule has 1 N–H and O–H groups in total. The van der Waals surface area contributed by atoms with Crippen LogP contribution in [0.5, 0.6) is 5.75 Å². The van der Waals surface area contributed by atoms with Crippen LogP contribution in [-0.4, -0.2) is 13.7 Å². The molecule has 2 nitrogen and oxygen atoms in total. The van der Waals surface area contributed by atoms with E-state index in [0.717, 1.165) is 18.0 Å². The summed E-state index contributed by atoms with van der Waals surface area (Å²) in [6.07, 6.45) is 7.57. The minimum atomic E-state index is 0.905. The first-order valence-electron chi connectivity index (χ1n) is 5.94. The molecule has 0 bridgehead atoms. The van der Waals surface area contributed by atoms with Gasteiger partial charge in [0.2, 0.25) is 0 Å². The van der Waals surface area contributed by atoms with Gasteiger partial charge in [-0.15, -0.1) is 0 Å². The van der Waals surface area contributed by atoms with Crippen LogP contribution < -0.4 is 10.1 Å². The zero-order valence-corrected chi connectivity index (χ0v) is 9.83. The zero-order chi connectivity index (χ0) is 11.2. The number of ether oxygens (including phenoxy) is 1. The smallest absolute Gasteiger partial charge is 0.119 e. The molecule has 1 aromatic rings. The lowest BCUT2D eigenvalue weighted by Crippen LogP contribution is -2.06. The molecule has 1 aliphatic carbocycles. The van der Waals surface area contributed by atoms with Gasteiger partial charge in [-0.3, -0.25) is 0 Å². The van der Waals surface area contributed by atoms with Gasteiger partial charge >= 0.3 is 0 Å². The number of allylic oxidation sites excluding steroid dienone is 1. The van der Waals surface area contributed by atoms with E-state index >= 15 is 0 Å². The number of hydrogen-bond donors (Lipinski definition) is 1. The summed E-state index contributed by atoms with van der Waals surface area (Å²) in [6, 6.07) is 8.08. The van der Waals surface area contributed by atoms with Crippen molar-refractivity contribution < 1.29 is 4.74 Å². The highest BCUT2D eigenvalue weighted by Crippen LogP contribution is 2.19. The molecule has 0 aliphatic heterocycles. The Morgan fingerprint density at radius 2 is 2.00 bits per heavy atom. The predicted molar refractivity (Wildman–Crippen MR) is 68.0 cm³/mol. The highest BCUT2D eigenvalue weighted by atomic mass is 16.5. The van der Waals surface area contributed by atoms with Crippen LogP contribution in [0.3, 0.4) is 0 Å². The second kappa shape index (κ2) is 5.59. The molecule has 1 aromatic carbocycles. The summed E-state index contributed by atoms with van der Waals surface area (Å²) in [4.78, 5) is 0. The van der Waals surface area contributed by atoms with E-state index in [4.69, 9.17) is 4.74 Å². The van der Waals surface area contributed by atoms with Crippen molar-refractivity contribution in [3.8, 4) is 5.75 Å². The quantitative estimate of drug-likeness (QED) is 0.778. The van der Waals surface area contributed by atoms with Crippen molar-refractivity contribution in [3.05, 3.63) is 35.9 Å². The molecule has 0 saturated heterocycles. The van der Waals surface area contributed by atoms with E-state index in [2.05, 4.69) is 23.5 Å². The summed E-state index contributed by atoms with van der Waals surface area (Å²) in [5.74, 6) is 0.905. The molecule has 16 heavy (non-hydrogen) atoms. The molecular weight excluding hydrogens is 198 g/mol. The second-order valence-electron chi connectivity index (χ2n) is 4.19. The summed E-state index contributed by atoms with van der Waals surface area (Å²) in [5.41, 5.74) is 2.70. The average molecular weight is 217 g/mol. The van der Waals surface area contributed by atoms with Gasteiger partial charge in [-0.25, -0.2) is 0 Å².